The molecule has 0 amide bonds. The Balaban J connectivity index is 2.81. The molecule has 0 aromatic heterocycles. The number of sulfone groups is 1. The molecule has 0 atom stereocenters. The van der Waals surface area contributed by atoms with E-state index in [-0.39, 0.29) is 30.4 Å². The summed E-state index contributed by atoms with van der Waals surface area (Å²) < 4.78 is 28.4. The van der Waals surface area contributed by atoms with Crippen molar-refractivity contribution in [2.45, 2.75) is 25.7 Å². The molecule has 0 aliphatic heterocycles. The first kappa shape index (κ1) is 16.4. The summed E-state index contributed by atoms with van der Waals surface area (Å²) in [5, 5.41) is 19.3. The Kier molecular flexibility index (Phi) is 5.46. The summed E-state index contributed by atoms with van der Waals surface area (Å²) in [7, 11) is -3.25. The SMILES string of the molecule is CC(C)S(=O)(=O)CCOc1ccc(CO)cc1[N+](=O)[O-]. The van der Waals surface area contributed by atoms with Crippen molar-refractivity contribution in [1.29, 1.82) is 0 Å². The van der Waals surface area contributed by atoms with Crippen molar-refractivity contribution in [3.05, 3.63) is 33.9 Å². The van der Waals surface area contributed by atoms with Crippen LogP contribution >= 0.6 is 0 Å². The lowest BCUT2D eigenvalue weighted by Crippen LogP contribution is -2.22. The van der Waals surface area contributed by atoms with Gasteiger partial charge in [0.25, 0.3) is 0 Å². The Morgan fingerprint density at radius 1 is 1.40 bits per heavy atom. The van der Waals surface area contributed by atoms with Gasteiger partial charge in [0.1, 0.15) is 6.61 Å². The third-order valence-electron chi connectivity index (χ3n) is 2.75. The van der Waals surface area contributed by atoms with Crippen molar-refractivity contribution in [3.8, 4) is 5.75 Å². The minimum Gasteiger partial charge on any atom is -0.486 e. The lowest BCUT2D eigenvalue weighted by Gasteiger charge is -2.10. The van der Waals surface area contributed by atoms with Gasteiger partial charge in [-0.1, -0.05) is 6.07 Å². The molecule has 1 rings (SSSR count). The molecule has 0 saturated heterocycles. The van der Waals surface area contributed by atoms with Crippen LogP contribution in [0.2, 0.25) is 0 Å². The molecule has 1 N–H and O–H groups in total. The summed E-state index contributed by atoms with van der Waals surface area (Å²) in [6, 6.07) is 4.04. The fourth-order valence-corrected chi connectivity index (χ4v) is 2.22. The second-order valence-electron chi connectivity index (χ2n) is 4.48. The molecule has 0 radical (unpaired) electrons. The molecule has 7 nitrogen and oxygen atoms in total. The van der Waals surface area contributed by atoms with E-state index in [1.165, 1.54) is 18.2 Å². The lowest BCUT2D eigenvalue weighted by molar-refractivity contribution is -0.385. The Morgan fingerprint density at radius 2 is 2.05 bits per heavy atom. The number of nitrogens with zero attached hydrogens (tertiary/aromatic N) is 1. The lowest BCUT2D eigenvalue weighted by atomic mass is 10.2. The van der Waals surface area contributed by atoms with Crippen LogP contribution in [-0.4, -0.2) is 36.1 Å². The monoisotopic (exact) mass is 303 g/mol. The second-order valence-corrected chi connectivity index (χ2v) is 7.16. The van der Waals surface area contributed by atoms with E-state index in [1.54, 1.807) is 13.8 Å². The van der Waals surface area contributed by atoms with Crippen LogP contribution in [0.25, 0.3) is 0 Å². The number of benzene rings is 1. The zero-order valence-corrected chi connectivity index (χ0v) is 12.1. The summed E-state index contributed by atoms with van der Waals surface area (Å²) in [6.45, 7) is 2.66. The predicted molar refractivity (Wildman–Crippen MR) is 73.4 cm³/mol. The molecule has 0 heterocycles. The molecule has 0 aliphatic carbocycles. The van der Waals surface area contributed by atoms with Gasteiger partial charge in [-0.05, 0) is 25.5 Å². The standard InChI is InChI=1S/C12H17NO6S/c1-9(2)20(17,18)6-5-19-12-4-3-10(8-14)7-11(12)13(15)16/h3-4,7,9,14H,5-6,8H2,1-2H3. The van der Waals surface area contributed by atoms with Crippen LogP contribution in [0.4, 0.5) is 5.69 Å². The fourth-order valence-electron chi connectivity index (χ4n) is 1.43. The quantitative estimate of drug-likeness (QED) is 0.601. The summed E-state index contributed by atoms with van der Waals surface area (Å²) in [5.41, 5.74) is 0.0948. The predicted octanol–water partition coefficient (Wildman–Crippen LogP) is 1.29. The number of hydrogen-bond donors (Lipinski definition) is 1. The van der Waals surface area contributed by atoms with Gasteiger partial charge in [0.2, 0.25) is 0 Å². The van der Waals surface area contributed by atoms with E-state index in [0.717, 1.165) is 0 Å². The highest BCUT2D eigenvalue weighted by Gasteiger charge is 2.19. The molecule has 0 fully saturated rings. The van der Waals surface area contributed by atoms with E-state index in [1.807, 2.05) is 0 Å². The molecular formula is C12H17NO6S. The van der Waals surface area contributed by atoms with Gasteiger partial charge in [0, 0.05) is 6.07 Å². The molecule has 8 heteroatoms. The van der Waals surface area contributed by atoms with Gasteiger partial charge in [-0.3, -0.25) is 10.1 Å². The summed E-state index contributed by atoms with van der Waals surface area (Å²) >= 11 is 0. The zero-order chi connectivity index (χ0) is 15.3. The molecule has 0 saturated carbocycles. The zero-order valence-electron chi connectivity index (χ0n) is 11.3. The number of nitro benzene ring substituents is 1. The van der Waals surface area contributed by atoms with Crippen molar-refractivity contribution in [2.24, 2.45) is 0 Å². The van der Waals surface area contributed by atoms with E-state index in [4.69, 9.17) is 9.84 Å². The molecule has 0 bridgehead atoms. The molecule has 0 aliphatic rings. The third-order valence-corrected chi connectivity index (χ3v) is 4.92. The topological polar surface area (TPSA) is 107 Å². The number of nitro groups is 1. The molecule has 1 aromatic carbocycles. The summed E-state index contributed by atoms with van der Waals surface area (Å²) in [5.74, 6) is -0.213. The highest BCUT2D eigenvalue weighted by molar-refractivity contribution is 7.91. The van der Waals surface area contributed by atoms with E-state index in [9.17, 15) is 18.5 Å². The van der Waals surface area contributed by atoms with E-state index < -0.39 is 20.0 Å². The van der Waals surface area contributed by atoms with Crippen molar-refractivity contribution < 1.29 is 23.2 Å². The van der Waals surface area contributed by atoms with Gasteiger partial charge < -0.3 is 9.84 Å². The van der Waals surface area contributed by atoms with E-state index >= 15 is 0 Å². The van der Waals surface area contributed by atoms with Crippen LogP contribution in [0, 0.1) is 10.1 Å². The Bertz CT molecular complexity index is 582. The van der Waals surface area contributed by atoms with Crippen molar-refractivity contribution in [2.75, 3.05) is 12.4 Å². The van der Waals surface area contributed by atoms with Gasteiger partial charge in [-0.25, -0.2) is 8.42 Å². The second kappa shape index (κ2) is 6.67. The van der Waals surface area contributed by atoms with Crippen LogP contribution in [0.3, 0.4) is 0 Å². The smallest absolute Gasteiger partial charge is 0.311 e. The van der Waals surface area contributed by atoms with Crippen LogP contribution in [-0.2, 0) is 16.4 Å². The largest absolute Gasteiger partial charge is 0.486 e. The van der Waals surface area contributed by atoms with Crippen molar-refractivity contribution >= 4 is 15.5 Å². The fraction of sp³-hybridized carbons (Fsp3) is 0.500. The van der Waals surface area contributed by atoms with Gasteiger partial charge in [0.05, 0.1) is 22.5 Å². The van der Waals surface area contributed by atoms with Gasteiger partial charge >= 0.3 is 5.69 Å². The number of rotatable bonds is 7. The molecule has 20 heavy (non-hydrogen) atoms. The maximum atomic E-state index is 11.6. The Hall–Kier alpha value is -1.67. The average molecular weight is 303 g/mol. The van der Waals surface area contributed by atoms with Gasteiger partial charge in [-0.15, -0.1) is 0 Å². The highest BCUT2D eigenvalue weighted by atomic mass is 32.2. The molecule has 0 spiro atoms. The number of hydrogen-bond acceptors (Lipinski definition) is 6. The first-order chi connectivity index (χ1) is 9.27. The highest BCUT2D eigenvalue weighted by Crippen LogP contribution is 2.28. The van der Waals surface area contributed by atoms with E-state index in [2.05, 4.69) is 0 Å². The summed E-state index contributed by atoms with van der Waals surface area (Å²) in [4.78, 5) is 10.3. The number of ether oxygens (including phenoxy) is 1. The molecular weight excluding hydrogens is 286 g/mol. The first-order valence-corrected chi connectivity index (χ1v) is 7.72. The van der Waals surface area contributed by atoms with Crippen molar-refractivity contribution in [1.82, 2.24) is 0 Å². The maximum absolute atomic E-state index is 11.6. The minimum absolute atomic E-state index is 0.00819. The summed E-state index contributed by atoms with van der Waals surface area (Å²) in [6.07, 6.45) is 0. The maximum Gasteiger partial charge on any atom is 0.311 e. The van der Waals surface area contributed by atoms with Crippen LogP contribution in [0.1, 0.15) is 19.4 Å². The van der Waals surface area contributed by atoms with Gasteiger partial charge in [-0.2, -0.15) is 0 Å². The first-order valence-electron chi connectivity index (χ1n) is 6.00. The van der Waals surface area contributed by atoms with Crippen LogP contribution < -0.4 is 4.74 Å². The molecule has 0 unspecified atom stereocenters. The molecule has 112 valence electrons. The van der Waals surface area contributed by atoms with Crippen molar-refractivity contribution in [3.63, 3.8) is 0 Å². The average Bonchev–Trinajstić information content (AvgIpc) is 2.38. The Morgan fingerprint density at radius 3 is 2.55 bits per heavy atom. The van der Waals surface area contributed by atoms with E-state index in [0.29, 0.717) is 5.56 Å². The normalized spacial score (nSPS) is 11.6. The van der Waals surface area contributed by atoms with Crippen LogP contribution in [0.5, 0.6) is 5.75 Å². The van der Waals surface area contributed by atoms with Crippen LogP contribution in [0.15, 0.2) is 18.2 Å². The number of aliphatic hydroxyl groups excluding tert-OH is 1. The minimum atomic E-state index is -3.25. The molecule has 1 aromatic rings. The Labute approximate surface area is 117 Å². The van der Waals surface area contributed by atoms with Gasteiger partial charge in [0.15, 0.2) is 15.6 Å². The number of aliphatic hydroxyl groups is 1. The third kappa shape index (κ3) is 4.17.